The molecule has 7 heteroatoms. The number of rotatable bonds is 7. The minimum atomic E-state index is -4.03. The van der Waals surface area contributed by atoms with Crippen LogP contribution < -0.4 is 0 Å². The van der Waals surface area contributed by atoms with Crippen molar-refractivity contribution in [1.29, 1.82) is 0 Å². The van der Waals surface area contributed by atoms with Crippen LogP contribution in [0.25, 0.3) is 0 Å². The summed E-state index contributed by atoms with van der Waals surface area (Å²) in [6.45, 7) is 7.04. The van der Waals surface area contributed by atoms with Gasteiger partial charge in [0.25, 0.3) is 0 Å². The molecule has 0 N–H and O–H groups in total. The lowest BCUT2D eigenvalue weighted by molar-refractivity contribution is -0.164. The van der Waals surface area contributed by atoms with Gasteiger partial charge < -0.3 is 9.47 Å². The number of carbonyl (C=O) groups is 2. The maximum absolute atomic E-state index is 13.6. The third-order valence-corrected chi connectivity index (χ3v) is 7.72. The highest BCUT2D eigenvalue weighted by Gasteiger charge is 2.81. The number of hydrogen-bond donors (Lipinski definition) is 0. The van der Waals surface area contributed by atoms with E-state index in [1.165, 1.54) is 12.1 Å². The first-order valence-electron chi connectivity index (χ1n) is 9.92. The van der Waals surface area contributed by atoms with Crippen LogP contribution in [0, 0.1) is 19.3 Å². The van der Waals surface area contributed by atoms with Crippen LogP contribution >= 0.6 is 0 Å². The number of carbonyl (C=O) groups excluding carboxylic acids is 2. The monoisotopic (exact) mass is 430 g/mol. The molecule has 3 rings (SSSR count). The van der Waals surface area contributed by atoms with Crippen LogP contribution in [0.1, 0.15) is 36.5 Å². The first-order chi connectivity index (χ1) is 14.2. The molecule has 0 bridgehead atoms. The molecule has 2 unspecified atom stereocenters. The van der Waals surface area contributed by atoms with Gasteiger partial charge in [-0.3, -0.25) is 9.59 Å². The zero-order valence-electron chi connectivity index (χ0n) is 17.5. The van der Waals surface area contributed by atoms with E-state index in [1.807, 2.05) is 26.0 Å². The Balaban J connectivity index is 2.19. The fourth-order valence-corrected chi connectivity index (χ4v) is 6.23. The molecular weight excluding hydrogens is 404 g/mol. The highest BCUT2D eigenvalue weighted by atomic mass is 32.2. The van der Waals surface area contributed by atoms with E-state index in [1.54, 1.807) is 38.1 Å². The summed E-state index contributed by atoms with van der Waals surface area (Å²) in [6.07, 6.45) is 0. The third-order valence-electron chi connectivity index (χ3n) is 5.48. The van der Waals surface area contributed by atoms with E-state index in [4.69, 9.17) is 9.47 Å². The van der Waals surface area contributed by atoms with Crippen molar-refractivity contribution in [1.82, 2.24) is 0 Å². The van der Waals surface area contributed by atoms with Crippen molar-refractivity contribution in [3.8, 4) is 0 Å². The van der Waals surface area contributed by atoms with E-state index in [9.17, 15) is 18.0 Å². The van der Waals surface area contributed by atoms with Crippen molar-refractivity contribution >= 4 is 21.8 Å². The molecular formula is C23H26O6S. The summed E-state index contributed by atoms with van der Waals surface area (Å²) in [7, 11) is -4.03. The van der Waals surface area contributed by atoms with Crippen molar-refractivity contribution < 1.29 is 27.5 Å². The molecule has 6 nitrogen and oxygen atoms in total. The summed E-state index contributed by atoms with van der Waals surface area (Å²) in [6, 6.07) is 13.5. The lowest BCUT2D eigenvalue weighted by Crippen LogP contribution is -2.35. The summed E-state index contributed by atoms with van der Waals surface area (Å²) in [4.78, 5) is 26.2. The summed E-state index contributed by atoms with van der Waals surface area (Å²) in [5, 5.41) is -1.30. The normalized spacial score (nSPS) is 19.7. The average molecular weight is 431 g/mol. The predicted octanol–water partition coefficient (Wildman–Crippen LogP) is 3.36. The molecule has 0 spiro atoms. The number of ether oxygens (including phenoxy) is 2. The lowest BCUT2D eigenvalue weighted by Gasteiger charge is -2.15. The van der Waals surface area contributed by atoms with Crippen molar-refractivity contribution in [2.45, 2.75) is 43.8 Å². The zero-order chi connectivity index (χ0) is 22.1. The van der Waals surface area contributed by atoms with Crippen LogP contribution in [0.4, 0.5) is 0 Å². The SMILES string of the molecule is CCOC(=O)C1(C(=O)OCC)C(c2ccc(C)cc2)C1S(=O)(=O)c1ccc(C)cc1. The van der Waals surface area contributed by atoms with Crippen molar-refractivity contribution in [3.63, 3.8) is 0 Å². The molecule has 0 aromatic heterocycles. The largest absolute Gasteiger partial charge is 0.465 e. The number of benzene rings is 2. The first-order valence-corrected chi connectivity index (χ1v) is 11.5. The molecule has 1 aliphatic rings. The minimum absolute atomic E-state index is 0.0257. The Kier molecular flexibility index (Phi) is 6.04. The summed E-state index contributed by atoms with van der Waals surface area (Å²) in [5.74, 6) is -2.62. The van der Waals surface area contributed by atoms with E-state index in [-0.39, 0.29) is 18.1 Å². The van der Waals surface area contributed by atoms with E-state index >= 15 is 0 Å². The number of sulfone groups is 1. The molecule has 0 aliphatic heterocycles. The van der Waals surface area contributed by atoms with Gasteiger partial charge in [0.2, 0.25) is 0 Å². The summed E-state index contributed by atoms with van der Waals surface area (Å²) >= 11 is 0. The molecule has 0 radical (unpaired) electrons. The van der Waals surface area contributed by atoms with Gasteiger partial charge in [0.05, 0.1) is 18.1 Å². The van der Waals surface area contributed by atoms with E-state index < -0.39 is 38.4 Å². The summed E-state index contributed by atoms with van der Waals surface area (Å²) in [5.41, 5.74) is 0.546. The second kappa shape index (κ2) is 8.22. The highest BCUT2D eigenvalue weighted by Crippen LogP contribution is 2.65. The molecule has 2 atom stereocenters. The second-order valence-electron chi connectivity index (χ2n) is 7.48. The minimum Gasteiger partial charge on any atom is -0.465 e. The fraction of sp³-hybridized carbons (Fsp3) is 0.391. The quantitative estimate of drug-likeness (QED) is 0.495. The maximum Gasteiger partial charge on any atom is 0.325 e. The Morgan fingerprint density at radius 3 is 1.70 bits per heavy atom. The van der Waals surface area contributed by atoms with Gasteiger partial charge in [-0.05, 0) is 45.4 Å². The Bertz CT molecular complexity index is 1020. The van der Waals surface area contributed by atoms with Gasteiger partial charge in [0.1, 0.15) is 5.25 Å². The van der Waals surface area contributed by atoms with Crippen LogP contribution in [0.2, 0.25) is 0 Å². The van der Waals surface area contributed by atoms with Gasteiger partial charge >= 0.3 is 11.9 Å². The maximum atomic E-state index is 13.6. The van der Waals surface area contributed by atoms with Crippen molar-refractivity contribution in [2.75, 3.05) is 13.2 Å². The Hall–Kier alpha value is -2.67. The van der Waals surface area contributed by atoms with Crippen LogP contribution in [0.5, 0.6) is 0 Å². The highest BCUT2D eigenvalue weighted by molar-refractivity contribution is 7.92. The molecule has 0 saturated heterocycles. The molecule has 1 aliphatic carbocycles. The van der Waals surface area contributed by atoms with Crippen LogP contribution in [0.15, 0.2) is 53.4 Å². The molecule has 1 fully saturated rings. The molecule has 0 heterocycles. The van der Waals surface area contributed by atoms with Crippen molar-refractivity contribution in [3.05, 3.63) is 65.2 Å². The second-order valence-corrected chi connectivity index (χ2v) is 9.55. The van der Waals surface area contributed by atoms with E-state index in [0.717, 1.165) is 11.1 Å². The van der Waals surface area contributed by atoms with Crippen LogP contribution in [-0.2, 0) is 28.9 Å². The first kappa shape index (κ1) is 22.0. The van der Waals surface area contributed by atoms with Gasteiger partial charge in [0, 0.05) is 5.92 Å². The Morgan fingerprint density at radius 1 is 0.833 bits per heavy atom. The topological polar surface area (TPSA) is 86.7 Å². The van der Waals surface area contributed by atoms with E-state index in [0.29, 0.717) is 5.56 Å². The van der Waals surface area contributed by atoms with Gasteiger partial charge in [-0.25, -0.2) is 8.42 Å². The smallest absolute Gasteiger partial charge is 0.325 e. The molecule has 2 aromatic rings. The Morgan fingerprint density at radius 2 is 1.27 bits per heavy atom. The average Bonchev–Trinajstić information content (AvgIpc) is 3.42. The number of hydrogen-bond acceptors (Lipinski definition) is 6. The Labute approximate surface area is 177 Å². The van der Waals surface area contributed by atoms with E-state index in [2.05, 4.69) is 0 Å². The lowest BCUT2D eigenvalue weighted by atomic mass is 9.98. The van der Waals surface area contributed by atoms with Gasteiger partial charge in [-0.1, -0.05) is 47.5 Å². The van der Waals surface area contributed by atoms with Gasteiger partial charge in [0.15, 0.2) is 15.3 Å². The predicted molar refractivity (Wildman–Crippen MR) is 112 cm³/mol. The number of aryl methyl sites for hydroxylation is 2. The molecule has 0 amide bonds. The van der Waals surface area contributed by atoms with Crippen molar-refractivity contribution in [2.24, 2.45) is 5.41 Å². The van der Waals surface area contributed by atoms with Crippen LogP contribution in [0.3, 0.4) is 0 Å². The van der Waals surface area contributed by atoms with Crippen LogP contribution in [-0.4, -0.2) is 38.8 Å². The number of esters is 2. The van der Waals surface area contributed by atoms with Gasteiger partial charge in [-0.15, -0.1) is 0 Å². The molecule has 2 aromatic carbocycles. The standard InChI is InChI=1S/C23H26O6S/c1-5-28-21(24)23(22(25)29-6-2)19(17-11-7-15(3)8-12-17)20(23)30(26,27)18-13-9-16(4)10-14-18/h7-14,19-20H,5-6H2,1-4H3. The zero-order valence-corrected chi connectivity index (χ0v) is 18.4. The molecule has 1 saturated carbocycles. The molecule has 160 valence electrons. The molecule has 30 heavy (non-hydrogen) atoms. The summed E-state index contributed by atoms with van der Waals surface area (Å²) < 4.78 is 37.5. The fourth-order valence-electron chi connectivity index (χ4n) is 3.94. The van der Waals surface area contributed by atoms with Gasteiger partial charge in [-0.2, -0.15) is 0 Å². The third kappa shape index (κ3) is 3.51.